The number of ether oxygens (including phenoxy) is 2. The van der Waals surface area contributed by atoms with Crippen LogP contribution in [0.4, 0.5) is 0 Å². The summed E-state index contributed by atoms with van der Waals surface area (Å²) in [4.78, 5) is 25.0. The minimum absolute atomic E-state index is 0.163. The zero-order chi connectivity index (χ0) is 19.1. The molecule has 0 N–H and O–H groups in total. The first-order valence-corrected chi connectivity index (χ1v) is 9.16. The van der Waals surface area contributed by atoms with Gasteiger partial charge >= 0.3 is 11.9 Å². The van der Waals surface area contributed by atoms with Crippen LogP contribution in [0.2, 0.25) is 0 Å². The fourth-order valence-electron chi connectivity index (χ4n) is 3.22. The standard InChI is InChI=1S/C22H21NO4/c23-14-16-10-12-18(13-11-16)27-22(25)20-9-5-4-8-19(20)21(24)26-15-17-6-2-1-3-7-17/h4-5,8-13,17H,1-3,6-7,15H2. The van der Waals surface area contributed by atoms with Crippen LogP contribution in [0.15, 0.2) is 48.5 Å². The molecule has 2 aromatic rings. The summed E-state index contributed by atoms with van der Waals surface area (Å²) in [7, 11) is 0. The van der Waals surface area contributed by atoms with Crippen molar-refractivity contribution in [1.29, 1.82) is 5.26 Å². The smallest absolute Gasteiger partial charge is 0.344 e. The van der Waals surface area contributed by atoms with E-state index < -0.39 is 11.9 Å². The first-order chi connectivity index (χ1) is 13.2. The number of nitrogens with zero attached hydrogens (tertiary/aromatic N) is 1. The van der Waals surface area contributed by atoms with E-state index in [0.29, 0.717) is 23.8 Å². The average Bonchev–Trinajstić information content (AvgIpc) is 2.73. The van der Waals surface area contributed by atoms with Gasteiger partial charge in [0.15, 0.2) is 0 Å². The van der Waals surface area contributed by atoms with E-state index in [4.69, 9.17) is 14.7 Å². The largest absolute Gasteiger partial charge is 0.462 e. The van der Waals surface area contributed by atoms with E-state index in [1.165, 1.54) is 19.3 Å². The highest BCUT2D eigenvalue weighted by Gasteiger charge is 2.21. The van der Waals surface area contributed by atoms with Crippen LogP contribution in [0.25, 0.3) is 0 Å². The van der Waals surface area contributed by atoms with Crippen molar-refractivity contribution in [3.63, 3.8) is 0 Å². The molecule has 1 aliphatic rings. The number of esters is 2. The minimum atomic E-state index is -0.634. The van der Waals surface area contributed by atoms with Crippen LogP contribution in [-0.2, 0) is 4.74 Å². The first-order valence-electron chi connectivity index (χ1n) is 9.16. The van der Waals surface area contributed by atoms with Crippen molar-refractivity contribution in [1.82, 2.24) is 0 Å². The molecule has 5 nitrogen and oxygen atoms in total. The number of benzene rings is 2. The Morgan fingerprint density at radius 1 is 0.926 bits per heavy atom. The summed E-state index contributed by atoms with van der Waals surface area (Å²) in [5, 5.41) is 8.82. The fraction of sp³-hybridized carbons (Fsp3) is 0.318. The normalized spacial score (nSPS) is 14.2. The molecule has 138 valence electrons. The Kier molecular flexibility index (Phi) is 6.22. The van der Waals surface area contributed by atoms with E-state index in [-0.39, 0.29) is 11.1 Å². The molecule has 27 heavy (non-hydrogen) atoms. The van der Waals surface area contributed by atoms with Gasteiger partial charge in [0.1, 0.15) is 5.75 Å². The van der Waals surface area contributed by atoms with Gasteiger partial charge in [-0.25, -0.2) is 9.59 Å². The molecule has 0 bridgehead atoms. The Labute approximate surface area is 158 Å². The van der Waals surface area contributed by atoms with Crippen LogP contribution in [-0.4, -0.2) is 18.5 Å². The molecule has 0 aliphatic heterocycles. The molecule has 0 atom stereocenters. The molecule has 5 heteroatoms. The van der Waals surface area contributed by atoms with Crippen molar-refractivity contribution in [3.8, 4) is 11.8 Å². The molecule has 2 aromatic carbocycles. The summed E-state index contributed by atoms with van der Waals surface area (Å²) in [6.07, 6.45) is 5.76. The number of nitriles is 1. The van der Waals surface area contributed by atoms with E-state index in [1.54, 1.807) is 48.5 Å². The van der Waals surface area contributed by atoms with Crippen LogP contribution in [0.5, 0.6) is 5.75 Å². The quantitative estimate of drug-likeness (QED) is 0.577. The van der Waals surface area contributed by atoms with Crippen molar-refractivity contribution in [3.05, 3.63) is 65.2 Å². The lowest BCUT2D eigenvalue weighted by molar-refractivity contribution is 0.0404. The number of hydrogen-bond acceptors (Lipinski definition) is 5. The molecule has 0 spiro atoms. The lowest BCUT2D eigenvalue weighted by atomic mass is 9.90. The van der Waals surface area contributed by atoms with Gasteiger partial charge in [0.05, 0.1) is 29.4 Å². The predicted octanol–water partition coefficient (Wildman–Crippen LogP) is 4.51. The maximum Gasteiger partial charge on any atom is 0.344 e. The van der Waals surface area contributed by atoms with E-state index in [9.17, 15) is 9.59 Å². The third-order valence-corrected chi connectivity index (χ3v) is 4.74. The monoisotopic (exact) mass is 363 g/mol. The third kappa shape index (κ3) is 4.95. The zero-order valence-corrected chi connectivity index (χ0v) is 15.0. The van der Waals surface area contributed by atoms with Crippen LogP contribution in [0, 0.1) is 17.2 Å². The lowest BCUT2D eigenvalue weighted by Crippen LogP contribution is -2.19. The van der Waals surface area contributed by atoms with E-state index in [0.717, 1.165) is 12.8 Å². The molecule has 0 aromatic heterocycles. The average molecular weight is 363 g/mol. The lowest BCUT2D eigenvalue weighted by Gasteiger charge is -2.21. The first kappa shape index (κ1) is 18.7. The van der Waals surface area contributed by atoms with E-state index in [1.807, 2.05) is 6.07 Å². The molecule has 0 saturated heterocycles. The summed E-state index contributed by atoms with van der Waals surface area (Å²) in [6.45, 7) is 0.387. The molecule has 1 saturated carbocycles. The summed E-state index contributed by atoms with van der Waals surface area (Å²) < 4.78 is 10.8. The molecule has 3 rings (SSSR count). The molecular weight excluding hydrogens is 342 g/mol. The van der Waals surface area contributed by atoms with E-state index in [2.05, 4.69) is 0 Å². The van der Waals surface area contributed by atoms with Gasteiger partial charge in [0.2, 0.25) is 0 Å². The minimum Gasteiger partial charge on any atom is -0.462 e. The van der Waals surface area contributed by atoms with Crippen LogP contribution < -0.4 is 4.74 Å². The molecule has 1 aliphatic carbocycles. The molecular formula is C22H21NO4. The van der Waals surface area contributed by atoms with Gasteiger partial charge < -0.3 is 9.47 Å². The van der Waals surface area contributed by atoms with Gasteiger partial charge in [-0.15, -0.1) is 0 Å². The Bertz CT molecular complexity index is 845. The van der Waals surface area contributed by atoms with Gasteiger partial charge in [-0.2, -0.15) is 5.26 Å². The summed E-state index contributed by atoms with van der Waals surface area (Å²) in [5.41, 5.74) is 0.837. The number of carbonyl (C=O) groups excluding carboxylic acids is 2. The van der Waals surface area contributed by atoms with Gasteiger partial charge in [-0.05, 0) is 55.2 Å². The molecule has 0 amide bonds. The van der Waals surface area contributed by atoms with Gasteiger partial charge in [-0.3, -0.25) is 0 Å². The third-order valence-electron chi connectivity index (χ3n) is 4.74. The number of rotatable bonds is 5. The highest BCUT2D eigenvalue weighted by Crippen LogP contribution is 2.24. The van der Waals surface area contributed by atoms with Gasteiger partial charge in [-0.1, -0.05) is 31.4 Å². The van der Waals surface area contributed by atoms with Crippen molar-refractivity contribution in [2.75, 3.05) is 6.61 Å². The summed E-state index contributed by atoms with van der Waals surface area (Å²) in [5.74, 6) is -0.428. The topological polar surface area (TPSA) is 76.4 Å². The van der Waals surface area contributed by atoms with Crippen molar-refractivity contribution >= 4 is 11.9 Å². The Hall–Kier alpha value is -3.13. The number of carbonyl (C=O) groups is 2. The molecule has 0 radical (unpaired) electrons. The SMILES string of the molecule is N#Cc1ccc(OC(=O)c2ccccc2C(=O)OCC2CCCCC2)cc1. The molecule has 0 heterocycles. The van der Waals surface area contributed by atoms with Crippen LogP contribution in [0.1, 0.15) is 58.4 Å². The van der Waals surface area contributed by atoms with Gasteiger partial charge in [0.25, 0.3) is 0 Å². The van der Waals surface area contributed by atoms with Crippen molar-refractivity contribution in [2.45, 2.75) is 32.1 Å². The Morgan fingerprint density at radius 3 is 2.19 bits per heavy atom. The summed E-state index contributed by atoms with van der Waals surface area (Å²) >= 11 is 0. The second-order valence-corrected chi connectivity index (χ2v) is 6.67. The van der Waals surface area contributed by atoms with Gasteiger partial charge in [0, 0.05) is 0 Å². The molecule has 0 unspecified atom stereocenters. The second-order valence-electron chi connectivity index (χ2n) is 6.67. The maximum absolute atomic E-state index is 12.5. The van der Waals surface area contributed by atoms with E-state index >= 15 is 0 Å². The Balaban J connectivity index is 1.67. The van der Waals surface area contributed by atoms with Crippen molar-refractivity contribution in [2.24, 2.45) is 5.92 Å². The Morgan fingerprint density at radius 2 is 1.56 bits per heavy atom. The highest BCUT2D eigenvalue weighted by atomic mass is 16.5. The maximum atomic E-state index is 12.5. The number of hydrogen-bond donors (Lipinski definition) is 0. The summed E-state index contributed by atoms with van der Waals surface area (Å²) in [6, 6.07) is 14.7. The zero-order valence-electron chi connectivity index (χ0n) is 15.0. The predicted molar refractivity (Wildman–Crippen MR) is 99.4 cm³/mol. The second kappa shape index (κ2) is 9.00. The van der Waals surface area contributed by atoms with Crippen LogP contribution in [0.3, 0.4) is 0 Å². The van der Waals surface area contributed by atoms with Crippen molar-refractivity contribution < 1.29 is 19.1 Å². The highest BCUT2D eigenvalue weighted by molar-refractivity contribution is 6.03. The van der Waals surface area contributed by atoms with Crippen LogP contribution >= 0.6 is 0 Å². The fourth-order valence-corrected chi connectivity index (χ4v) is 3.22. The molecule has 1 fully saturated rings.